The van der Waals surface area contributed by atoms with Gasteiger partial charge < -0.3 is 14.0 Å². The number of rotatable bonds is 10. The van der Waals surface area contributed by atoms with E-state index in [4.69, 9.17) is 9.47 Å². The molecule has 2 aliphatic rings. The van der Waals surface area contributed by atoms with Gasteiger partial charge in [-0.2, -0.15) is 0 Å². The van der Waals surface area contributed by atoms with Crippen LogP contribution in [-0.4, -0.2) is 4.48 Å². The van der Waals surface area contributed by atoms with Crippen LogP contribution in [0, 0.1) is 0 Å². The fourth-order valence-corrected chi connectivity index (χ4v) is 9.10. The van der Waals surface area contributed by atoms with Gasteiger partial charge in [-0.25, -0.2) is 0 Å². The third kappa shape index (κ3) is 6.81. The van der Waals surface area contributed by atoms with Crippen molar-refractivity contribution in [3.8, 4) is 56.0 Å². The summed E-state index contributed by atoms with van der Waals surface area (Å²) >= 11 is 0. The van der Waals surface area contributed by atoms with Gasteiger partial charge in [0.1, 0.15) is 50.9 Å². The highest BCUT2D eigenvalue weighted by molar-refractivity contribution is 5.84. The van der Waals surface area contributed by atoms with Gasteiger partial charge in [-0.3, -0.25) is 0 Å². The molecular weight excluding hydrogens is 695 g/mol. The van der Waals surface area contributed by atoms with Gasteiger partial charge in [-0.05, 0) is 56.6 Å². The zero-order chi connectivity index (χ0) is 38.0. The molecule has 0 amide bonds. The zero-order valence-corrected chi connectivity index (χ0v) is 32.0. The second-order valence-electron chi connectivity index (χ2n) is 15.5. The average molecular weight is 739 g/mol. The minimum absolute atomic E-state index is 0.508. The highest BCUT2D eigenvalue weighted by atomic mass is 16.5. The van der Waals surface area contributed by atoms with Gasteiger partial charge in [-0.1, -0.05) is 182 Å². The second-order valence-corrected chi connectivity index (χ2v) is 15.5. The number of benzene rings is 8. The molecule has 0 bridgehead atoms. The van der Waals surface area contributed by atoms with E-state index in [1.807, 2.05) is 0 Å². The molecule has 0 fully saturated rings. The number of quaternary nitrogens is 1. The van der Waals surface area contributed by atoms with Gasteiger partial charge in [0, 0.05) is 22.3 Å². The van der Waals surface area contributed by atoms with Crippen molar-refractivity contribution in [3.63, 3.8) is 0 Å². The summed E-state index contributed by atoms with van der Waals surface area (Å²) in [5.41, 5.74) is 17.4. The zero-order valence-electron chi connectivity index (χ0n) is 32.0. The van der Waals surface area contributed by atoms with E-state index >= 15 is 0 Å². The maximum absolute atomic E-state index is 7.04. The summed E-state index contributed by atoms with van der Waals surface area (Å²) in [6.45, 7) is 4.54. The summed E-state index contributed by atoms with van der Waals surface area (Å²) in [7, 11) is 0. The van der Waals surface area contributed by atoms with Crippen molar-refractivity contribution in [2.45, 2.75) is 39.4 Å². The van der Waals surface area contributed by atoms with E-state index in [9.17, 15) is 0 Å². The number of fused-ring (bicyclic) bond motifs is 2. The maximum atomic E-state index is 7.04. The Labute approximate surface area is 335 Å². The number of ether oxygens (including phenoxy) is 2. The molecule has 0 saturated carbocycles. The van der Waals surface area contributed by atoms with Gasteiger partial charge >= 0.3 is 0 Å². The Morgan fingerprint density at radius 2 is 0.596 bits per heavy atom. The smallest absolute Gasteiger partial charge is 0.137 e. The van der Waals surface area contributed by atoms with Gasteiger partial charge in [0.25, 0.3) is 0 Å². The van der Waals surface area contributed by atoms with Crippen LogP contribution in [-0.2, 0) is 39.4 Å². The SMILES string of the molecule is c1ccc(COc2c(-c3ccccc3)cc(-c3ccccc3)c3c2C[N+]2(C3)Cc3c(-c4ccccc4)cc(-c4ccccc4)c(OCc4ccccc4)c3C2)cc1. The lowest BCUT2D eigenvalue weighted by atomic mass is 9.90. The fourth-order valence-electron chi connectivity index (χ4n) is 9.10. The van der Waals surface area contributed by atoms with Crippen LogP contribution in [0.1, 0.15) is 33.4 Å². The van der Waals surface area contributed by atoms with Crippen molar-refractivity contribution in [3.05, 3.63) is 228 Å². The summed E-state index contributed by atoms with van der Waals surface area (Å²) in [6.07, 6.45) is 0. The first-order valence-corrected chi connectivity index (χ1v) is 20.0. The van der Waals surface area contributed by atoms with Crippen LogP contribution in [0.4, 0.5) is 0 Å². The largest absolute Gasteiger partial charge is 0.488 e. The Morgan fingerprint density at radius 1 is 0.316 bits per heavy atom. The third-order valence-corrected chi connectivity index (χ3v) is 11.8. The molecule has 8 aromatic rings. The first kappa shape index (κ1) is 34.8. The number of nitrogens with zero attached hydrogens (tertiary/aromatic N) is 1. The van der Waals surface area contributed by atoms with Crippen molar-refractivity contribution in [1.29, 1.82) is 0 Å². The molecule has 3 heteroatoms. The first-order valence-electron chi connectivity index (χ1n) is 20.0. The number of hydrogen-bond donors (Lipinski definition) is 0. The molecule has 8 aromatic carbocycles. The summed E-state index contributed by atoms with van der Waals surface area (Å²) < 4.78 is 15.0. The van der Waals surface area contributed by atoms with Crippen LogP contribution in [0.2, 0.25) is 0 Å². The van der Waals surface area contributed by atoms with Crippen LogP contribution in [0.3, 0.4) is 0 Å². The molecule has 1 spiro atoms. The van der Waals surface area contributed by atoms with Crippen LogP contribution in [0.25, 0.3) is 44.5 Å². The van der Waals surface area contributed by atoms with E-state index in [1.165, 1.54) is 55.6 Å². The maximum Gasteiger partial charge on any atom is 0.137 e. The van der Waals surface area contributed by atoms with Crippen LogP contribution < -0.4 is 9.47 Å². The van der Waals surface area contributed by atoms with Crippen molar-refractivity contribution in [2.24, 2.45) is 0 Å². The summed E-state index contributed by atoms with van der Waals surface area (Å²) in [6, 6.07) is 69.3. The van der Waals surface area contributed by atoms with Gasteiger partial charge in [0.05, 0.1) is 11.1 Å². The van der Waals surface area contributed by atoms with Gasteiger partial charge in [-0.15, -0.1) is 0 Å². The highest BCUT2D eigenvalue weighted by Gasteiger charge is 2.47. The van der Waals surface area contributed by atoms with Crippen molar-refractivity contribution in [1.82, 2.24) is 0 Å². The summed E-state index contributed by atoms with van der Waals surface area (Å²) in [5.74, 6) is 2.00. The standard InChI is InChI=1S/C54H44NO2/c1-7-19-39(20-8-1)37-56-53-47(43-27-15-5-16-28-43)31-45(41-23-11-3-12-24-41)49-33-55(35-51(49)53)34-50-46(42-25-13-4-14-26-42)32-48(44-29-17-6-18-30-44)54(52(50)36-55)57-38-40-21-9-2-10-22-40/h1-32H,33-38H2/q+1. The average Bonchev–Trinajstić information content (AvgIpc) is 3.85. The third-order valence-electron chi connectivity index (χ3n) is 11.8. The van der Waals surface area contributed by atoms with Crippen molar-refractivity contribution < 1.29 is 14.0 Å². The van der Waals surface area contributed by atoms with Crippen LogP contribution in [0.15, 0.2) is 194 Å². The van der Waals surface area contributed by atoms with E-state index < -0.39 is 0 Å². The Kier molecular flexibility index (Phi) is 9.22. The molecule has 10 rings (SSSR count). The van der Waals surface area contributed by atoms with E-state index in [0.29, 0.717) is 13.2 Å². The normalized spacial score (nSPS) is 13.6. The molecule has 0 unspecified atom stereocenters. The predicted octanol–water partition coefficient (Wildman–Crippen LogP) is 13.1. The molecular formula is C54H44NO2+. The Bertz CT molecular complexity index is 2460. The lowest BCUT2D eigenvalue weighted by Gasteiger charge is -2.29. The Morgan fingerprint density at radius 3 is 0.930 bits per heavy atom. The molecule has 57 heavy (non-hydrogen) atoms. The fraction of sp³-hybridized carbons (Fsp3) is 0.111. The molecule has 3 nitrogen and oxygen atoms in total. The predicted molar refractivity (Wildman–Crippen MR) is 231 cm³/mol. The molecule has 276 valence electrons. The minimum Gasteiger partial charge on any atom is -0.488 e. The molecule has 0 aromatic heterocycles. The Hall–Kier alpha value is -6.68. The highest BCUT2D eigenvalue weighted by Crippen LogP contribution is 2.54. The second kappa shape index (κ2) is 15.1. The molecule has 2 aliphatic heterocycles. The van der Waals surface area contributed by atoms with Gasteiger partial charge in [0.2, 0.25) is 0 Å². The lowest BCUT2D eigenvalue weighted by Crippen LogP contribution is -2.36. The monoisotopic (exact) mass is 738 g/mol. The van der Waals surface area contributed by atoms with E-state index in [-0.39, 0.29) is 0 Å². The molecule has 0 aliphatic carbocycles. The van der Waals surface area contributed by atoms with Crippen LogP contribution in [0.5, 0.6) is 11.5 Å². The quantitative estimate of drug-likeness (QED) is 0.130. The molecule has 0 N–H and O–H groups in total. The topological polar surface area (TPSA) is 18.5 Å². The lowest BCUT2D eigenvalue weighted by molar-refractivity contribution is -0.966. The van der Waals surface area contributed by atoms with E-state index in [1.54, 1.807) is 0 Å². The van der Waals surface area contributed by atoms with Crippen LogP contribution >= 0.6 is 0 Å². The molecule has 0 radical (unpaired) electrons. The summed E-state index contributed by atoms with van der Waals surface area (Å²) in [4.78, 5) is 0. The molecule has 2 heterocycles. The molecule has 0 atom stereocenters. The summed E-state index contributed by atoms with van der Waals surface area (Å²) in [5, 5.41) is 0. The first-order chi connectivity index (χ1) is 28.2. The van der Waals surface area contributed by atoms with E-state index in [0.717, 1.165) is 64.4 Å². The molecule has 0 saturated heterocycles. The van der Waals surface area contributed by atoms with E-state index in [2.05, 4.69) is 194 Å². The number of hydrogen-bond acceptors (Lipinski definition) is 2. The minimum atomic E-state index is 0.508. The van der Waals surface area contributed by atoms with Crippen molar-refractivity contribution >= 4 is 0 Å². The Balaban J connectivity index is 1.15. The van der Waals surface area contributed by atoms with Gasteiger partial charge in [0.15, 0.2) is 0 Å². The van der Waals surface area contributed by atoms with Crippen molar-refractivity contribution in [2.75, 3.05) is 0 Å².